The Bertz CT molecular complexity index is 485. The van der Waals surface area contributed by atoms with Crippen LogP contribution in [0.25, 0.3) is 0 Å². The van der Waals surface area contributed by atoms with Crippen LogP contribution in [0.15, 0.2) is 24.3 Å². The summed E-state index contributed by atoms with van der Waals surface area (Å²) in [5, 5.41) is 5.06. The summed E-state index contributed by atoms with van der Waals surface area (Å²) >= 11 is 0. The van der Waals surface area contributed by atoms with Gasteiger partial charge in [-0.25, -0.2) is 0 Å². The van der Waals surface area contributed by atoms with Crippen LogP contribution < -0.4 is 22.1 Å². The van der Waals surface area contributed by atoms with Gasteiger partial charge in [0.2, 0.25) is 11.8 Å². The lowest BCUT2D eigenvalue weighted by Crippen LogP contribution is -2.37. The van der Waals surface area contributed by atoms with Crippen molar-refractivity contribution < 1.29 is 14.4 Å². The molecule has 0 bridgehead atoms. The Morgan fingerprint density at radius 1 is 1.05 bits per heavy atom. The largest absolute Gasteiger partial charge is 0.399 e. The molecule has 1 rings (SSSR count). The van der Waals surface area contributed by atoms with E-state index >= 15 is 0 Å². The van der Waals surface area contributed by atoms with Crippen LogP contribution in [0.5, 0.6) is 0 Å². The zero-order chi connectivity index (χ0) is 15.0. The number of rotatable bonds is 7. The fourth-order valence-corrected chi connectivity index (χ4v) is 1.45. The van der Waals surface area contributed by atoms with Gasteiger partial charge in [-0.1, -0.05) is 0 Å². The number of anilines is 1. The maximum Gasteiger partial charge on any atom is 0.251 e. The number of hydrogen-bond donors (Lipinski definition) is 4. The van der Waals surface area contributed by atoms with Crippen LogP contribution in [0, 0.1) is 0 Å². The van der Waals surface area contributed by atoms with Crippen LogP contribution in [0.2, 0.25) is 0 Å². The van der Waals surface area contributed by atoms with Crippen molar-refractivity contribution in [3.63, 3.8) is 0 Å². The molecule has 1 aromatic rings. The summed E-state index contributed by atoms with van der Waals surface area (Å²) in [6.07, 6.45) is 0.699. The molecule has 7 nitrogen and oxygen atoms in total. The molecule has 0 heterocycles. The third-order valence-electron chi connectivity index (χ3n) is 2.50. The number of nitrogens with one attached hydrogen (secondary N) is 2. The molecular formula is C13H18N4O3. The van der Waals surface area contributed by atoms with Crippen LogP contribution in [0.1, 0.15) is 23.2 Å². The Hall–Kier alpha value is -2.57. The molecule has 0 fully saturated rings. The summed E-state index contributed by atoms with van der Waals surface area (Å²) in [4.78, 5) is 33.6. The summed E-state index contributed by atoms with van der Waals surface area (Å²) in [7, 11) is 0. The van der Waals surface area contributed by atoms with Crippen molar-refractivity contribution in [3.8, 4) is 0 Å². The molecule has 0 radical (unpaired) electrons. The van der Waals surface area contributed by atoms with Crippen molar-refractivity contribution in [3.05, 3.63) is 29.8 Å². The third-order valence-corrected chi connectivity index (χ3v) is 2.50. The molecule has 20 heavy (non-hydrogen) atoms. The molecule has 6 N–H and O–H groups in total. The number of carbonyl (C=O) groups excluding carboxylic acids is 3. The minimum atomic E-state index is -0.407. The summed E-state index contributed by atoms with van der Waals surface area (Å²) < 4.78 is 0. The number of carbonyl (C=O) groups is 3. The molecule has 0 aliphatic carbocycles. The molecule has 0 saturated heterocycles. The molecule has 1 aromatic carbocycles. The Labute approximate surface area is 116 Å². The van der Waals surface area contributed by atoms with E-state index in [2.05, 4.69) is 10.6 Å². The topological polar surface area (TPSA) is 127 Å². The zero-order valence-corrected chi connectivity index (χ0v) is 11.0. The highest BCUT2D eigenvalue weighted by atomic mass is 16.2. The highest BCUT2D eigenvalue weighted by Gasteiger charge is 2.07. The van der Waals surface area contributed by atoms with Crippen molar-refractivity contribution in [2.24, 2.45) is 5.73 Å². The maximum absolute atomic E-state index is 11.7. The quantitative estimate of drug-likeness (QED) is 0.391. The van der Waals surface area contributed by atoms with Crippen LogP contribution in [-0.2, 0) is 9.59 Å². The minimum Gasteiger partial charge on any atom is -0.399 e. The first-order valence-electron chi connectivity index (χ1n) is 6.18. The fourth-order valence-electron chi connectivity index (χ4n) is 1.45. The van der Waals surface area contributed by atoms with E-state index in [-0.39, 0.29) is 24.8 Å². The van der Waals surface area contributed by atoms with E-state index in [9.17, 15) is 14.4 Å². The lowest BCUT2D eigenvalue weighted by molar-refractivity contribution is -0.121. The first-order valence-corrected chi connectivity index (χ1v) is 6.18. The van der Waals surface area contributed by atoms with Gasteiger partial charge in [0.05, 0.1) is 6.54 Å². The molecule has 3 amide bonds. The average Bonchev–Trinajstić information content (AvgIpc) is 2.41. The highest BCUT2D eigenvalue weighted by Crippen LogP contribution is 2.04. The standard InChI is InChI=1S/C13H18N4O3/c14-10-5-3-9(4-6-10)13(20)17-8-12(19)16-7-1-2-11(15)18/h3-6H,1-2,7-8,14H2,(H2,15,18)(H,16,19)(H,17,20). The molecule has 0 aliphatic rings. The predicted molar refractivity (Wildman–Crippen MR) is 74.6 cm³/mol. The van der Waals surface area contributed by atoms with Gasteiger partial charge in [-0.3, -0.25) is 14.4 Å². The molecular weight excluding hydrogens is 260 g/mol. The van der Waals surface area contributed by atoms with Gasteiger partial charge in [0.15, 0.2) is 0 Å². The minimum absolute atomic E-state index is 0.125. The highest BCUT2D eigenvalue weighted by molar-refractivity contribution is 5.96. The van der Waals surface area contributed by atoms with Gasteiger partial charge in [-0.2, -0.15) is 0 Å². The Balaban J connectivity index is 2.25. The Morgan fingerprint density at radius 2 is 1.70 bits per heavy atom. The van der Waals surface area contributed by atoms with E-state index in [1.165, 1.54) is 0 Å². The smallest absolute Gasteiger partial charge is 0.251 e. The van der Waals surface area contributed by atoms with E-state index in [0.717, 1.165) is 0 Å². The lowest BCUT2D eigenvalue weighted by Gasteiger charge is -2.06. The SMILES string of the molecule is NC(=O)CCCNC(=O)CNC(=O)c1ccc(N)cc1. The van der Waals surface area contributed by atoms with Gasteiger partial charge in [0.25, 0.3) is 5.91 Å². The number of amides is 3. The Kier molecular flexibility index (Phi) is 6.02. The molecule has 0 unspecified atom stereocenters. The number of hydrogen-bond acceptors (Lipinski definition) is 4. The van der Waals surface area contributed by atoms with E-state index in [1.807, 2.05) is 0 Å². The van der Waals surface area contributed by atoms with E-state index < -0.39 is 5.91 Å². The van der Waals surface area contributed by atoms with Crippen molar-refractivity contribution in [1.82, 2.24) is 10.6 Å². The van der Waals surface area contributed by atoms with Crippen LogP contribution in [-0.4, -0.2) is 30.8 Å². The third kappa shape index (κ3) is 5.85. The van der Waals surface area contributed by atoms with Gasteiger partial charge in [0.1, 0.15) is 0 Å². The second kappa shape index (κ2) is 7.78. The van der Waals surface area contributed by atoms with Gasteiger partial charge < -0.3 is 22.1 Å². The van der Waals surface area contributed by atoms with Crippen molar-refractivity contribution in [1.29, 1.82) is 0 Å². The summed E-state index contributed by atoms with van der Waals surface area (Å²) in [5.41, 5.74) is 11.5. The second-order valence-electron chi connectivity index (χ2n) is 4.22. The Morgan fingerprint density at radius 3 is 2.30 bits per heavy atom. The lowest BCUT2D eigenvalue weighted by atomic mass is 10.2. The van der Waals surface area contributed by atoms with Crippen molar-refractivity contribution in [2.45, 2.75) is 12.8 Å². The normalized spacial score (nSPS) is 9.80. The van der Waals surface area contributed by atoms with Crippen LogP contribution >= 0.6 is 0 Å². The van der Waals surface area contributed by atoms with Crippen molar-refractivity contribution >= 4 is 23.4 Å². The first kappa shape index (κ1) is 15.5. The molecule has 7 heteroatoms. The van der Waals surface area contributed by atoms with Gasteiger partial charge in [-0.05, 0) is 30.7 Å². The van der Waals surface area contributed by atoms with Gasteiger partial charge >= 0.3 is 0 Å². The summed E-state index contributed by atoms with van der Waals surface area (Å²) in [5.74, 6) is -1.08. The number of benzene rings is 1. The van der Waals surface area contributed by atoms with Crippen molar-refractivity contribution in [2.75, 3.05) is 18.8 Å². The van der Waals surface area contributed by atoms with Crippen LogP contribution in [0.3, 0.4) is 0 Å². The average molecular weight is 278 g/mol. The molecule has 0 aliphatic heterocycles. The van der Waals surface area contributed by atoms with Gasteiger partial charge in [-0.15, -0.1) is 0 Å². The number of primary amides is 1. The number of nitrogen functional groups attached to an aromatic ring is 1. The summed E-state index contributed by atoms with van der Waals surface area (Å²) in [6.45, 7) is 0.222. The van der Waals surface area contributed by atoms with E-state index in [1.54, 1.807) is 24.3 Å². The molecule has 0 aromatic heterocycles. The van der Waals surface area contributed by atoms with E-state index in [0.29, 0.717) is 24.2 Å². The maximum atomic E-state index is 11.7. The summed E-state index contributed by atoms with van der Waals surface area (Å²) in [6, 6.07) is 6.38. The first-order chi connectivity index (χ1) is 9.49. The zero-order valence-electron chi connectivity index (χ0n) is 11.0. The monoisotopic (exact) mass is 278 g/mol. The van der Waals surface area contributed by atoms with Crippen LogP contribution in [0.4, 0.5) is 5.69 Å². The molecule has 108 valence electrons. The fraction of sp³-hybridized carbons (Fsp3) is 0.308. The van der Waals surface area contributed by atoms with E-state index in [4.69, 9.17) is 11.5 Å². The molecule has 0 saturated carbocycles. The molecule has 0 spiro atoms. The predicted octanol–water partition coefficient (Wildman–Crippen LogP) is -0.620. The second-order valence-corrected chi connectivity index (χ2v) is 4.22. The van der Waals surface area contributed by atoms with Gasteiger partial charge in [0, 0.05) is 24.2 Å². The molecule has 0 atom stereocenters. The number of nitrogens with two attached hydrogens (primary N) is 2.